The van der Waals surface area contributed by atoms with Crippen LogP contribution in [-0.2, 0) is 4.79 Å². The van der Waals surface area contributed by atoms with Crippen molar-refractivity contribution in [3.8, 4) is 0 Å². The summed E-state index contributed by atoms with van der Waals surface area (Å²) in [4.78, 5) is 24.9. The second-order valence-electron chi connectivity index (χ2n) is 6.46. The van der Waals surface area contributed by atoms with Gasteiger partial charge in [-0.1, -0.05) is 38.1 Å². The average molecular weight is 360 g/mol. The summed E-state index contributed by atoms with van der Waals surface area (Å²) in [5.41, 5.74) is 0.897. The molecule has 0 spiro atoms. The summed E-state index contributed by atoms with van der Waals surface area (Å²) in [5, 5.41) is 5.46. The molecule has 2 rings (SSSR count). The molecule has 0 heterocycles. The molecule has 2 atom stereocenters. The molecule has 26 heavy (non-hydrogen) atoms. The van der Waals surface area contributed by atoms with Crippen LogP contribution in [0.2, 0.25) is 0 Å². The maximum absolute atomic E-state index is 13.4. The van der Waals surface area contributed by atoms with Crippen LogP contribution in [0.15, 0.2) is 48.5 Å². The number of halogens is 2. The summed E-state index contributed by atoms with van der Waals surface area (Å²) in [6.45, 7) is 5.30. The number of amides is 2. The zero-order valence-electron chi connectivity index (χ0n) is 14.9. The number of carbonyl (C=O) groups is 2. The molecule has 2 aromatic rings. The molecule has 2 aromatic carbocycles. The fourth-order valence-corrected chi connectivity index (χ4v) is 2.52. The minimum atomic E-state index is -0.971. The quantitative estimate of drug-likeness (QED) is 0.827. The molecule has 2 unspecified atom stereocenters. The number of benzene rings is 2. The Labute approximate surface area is 151 Å². The third-order valence-corrected chi connectivity index (χ3v) is 4.07. The molecule has 0 radical (unpaired) electrons. The van der Waals surface area contributed by atoms with Crippen molar-refractivity contribution in [2.75, 3.05) is 0 Å². The van der Waals surface area contributed by atoms with Crippen LogP contribution in [0.3, 0.4) is 0 Å². The maximum Gasteiger partial charge on any atom is 0.251 e. The van der Waals surface area contributed by atoms with E-state index in [-0.39, 0.29) is 17.7 Å². The Morgan fingerprint density at radius 3 is 2.12 bits per heavy atom. The lowest BCUT2D eigenvalue weighted by Gasteiger charge is -2.24. The number of hydrogen-bond donors (Lipinski definition) is 2. The van der Waals surface area contributed by atoms with Gasteiger partial charge in [0.05, 0.1) is 6.04 Å². The van der Waals surface area contributed by atoms with Crippen LogP contribution >= 0.6 is 0 Å². The molecule has 0 aliphatic heterocycles. The minimum absolute atomic E-state index is 0.153. The van der Waals surface area contributed by atoms with Gasteiger partial charge in [0.2, 0.25) is 5.91 Å². The van der Waals surface area contributed by atoms with Gasteiger partial charge in [-0.2, -0.15) is 0 Å². The van der Waals surface area contributed by atoms with Crippen molar-refractivity contribution in [1.29, 1.82) is 0 Å². The Morgan fingerprint density at radius 1 is 0.885 bits per heavy atom. The third kappa shape index (κ3) is 4.88. The lowest BCUT2D eigenvalue weighted by atomic mass is 10.0. The van der Waals surface area contributed by atoms with E-state index in [0.717, 1.165) is 12.1 Å². The van der Waals surface area contributed by atoms with Crippen molar-refractivity contribution < 1.29 is 18.4 Å². The van der Waals surface area contributed by atoms with Gasteiger partial charge in [-0.15, -0.1) is 0 Å². The molecule has 0 aromatic heterocycles. The van der Waals surface area contributed by atoms with E-state index in [1.165, 1.54) is 6.07 Å². The van der Waals surface area contributed by atoms with Crippen LogP contribution in [-0.4, -0.2) is 17.9 Å². The van der Waals surface area contributed by atoms with Crippen molar-refractivity contribution in [3.63, 3.8) is 0 Å². The van der Waals surface area contributed by atoms with E-state index in [2.05, 4.69) is 10.6 Å². The summed E-state index contributed by atoms with van der Waals surface area (Å²) in [6, 6.07) is 10.8. The first-order valence-electron chi connectivity index (χ1n) is 8.41. The molecule has 4 nitrogen and oxygen atoms in total. The third-order valence-electron chi connectivity index (χ3n) is 4.07. The second kappa shape index (κ2) is 8.56. The van der Waals surface area contributed by atoms with Crippen LogP contribution in [0, 0.1) is 17.6 Å². The average Bonchev–Trinajstić information content (AvgIpc) is 2.62. The summed E-state index contributed by atoms with van der Waals surface area (Å²) in [6.07, 6.45) is 0. The van der Waals surface area contributed by atoms with Crippen LogP contribution < -0.4 is 10.6 Å². The van der Waals surface area contributed by atoms with E-state index in [1.807, 2.05) is 13.8 Å². The monoisotopic (exact) mass is 360 g/mol. The zero-order valence-corrected chi connectivity index (χ0v) is 14.9. The van der Waals surface area contributed by atoms with Gasteiger partial charge in [0.1, 0.15) is 6.04 Å². The largest absolute Gasteiger partial charge is 0.348 e. The van der Waals surface area contributed by atoms with E-state index in [9.17, 15) is 18.4 Å². The first-order chi connectivity index (χ1) is 12.3. The number of hydrogen-bond acceptors (Lipinski definition) is 2. The van der Waals surface area contributed by atoms with E-state index >= 15 is 0 Å². The molecule has 0 aliphatic rings. The van der Waals surface area contributed by atoms with Gasteiger partial charge in [-0.05, 0) is 42.7 Å². The summed E-state index contributed by atoms with van der Waals surface area (Å²) >= 11 is 0. The van der Waals surface area contributed by atoms with Crippen LogP contribution in [0.5, 0.6) is 0 Å². The Balaban J connectivity index is 2.08. The molecule has 0 saturated heterocycles. The van der Waals surface area contributed by atoms with E-state index in [1.54, 1.807) is 37.3 Å². The van der Waals surface area contributed by atoms with Gasteiger partial charge in [-0.3, -0.25) is 9.59 Å². The van der Waals surface area contributed by atoms with Crippen molar-refractivity contribution in [1.82, 2.24) is 10.6 Å². The highest BCUT2D eigenvalue weighted by Gasteiger charge is 2.26. The normalized spacial score (nSPS) is 13.2. The van der Waals surface area contributed by atoms with Gasteiger partial charge >= 0.3 is 0 Å². The molecule has 0 bridgehead atoms. The number of carbonyl (C=O) groups excluding carboxylic acids is 2. The first kappa shape index (κ1) is 19.6. The standard InChI is InChI=1S/C20H22F2N2O2/c1-12(2)18(24-19(25)14-7-5-4-6-8-14)20(26)23-13(3)15-9-10-16(21)17(22)11-15/h4-13,18H,1-3H3,(H,23,26)(H,24,25). The SMILES string of the molecule is CC(NC(=O)C(NC(=O)c1ccccc1)C(C)C)c1ccc(F)c(F)c1. The summed E-state index contributed by atoms with van der Waals surface area (Å²) in [5.74, 6) is -2.80. The van der Waals surface area contributed by atoms with Crippen molar-refractivity contribution >= 4 is 11.8 Å². The molecule has 6 heteroatoms. The van der Waals surface area contributed by atoms with E-state index in [4.69, 9.17) is 0 Å². The number of rotatable bonds is 6. The topological polar surface area (TPSA) is 58.2 Å². The predicted molar refractivity (Wildman–Crippen MR) is 95.4 cm³/mol. The lowest BCUT2D eigenvalue weighted by Crippen LogP contribution is -2.50. The fourth-order valence-electron chi connectivity index (χ4n) is 2.52. The summed E-state index contributed by atoms with van der Waals surface area (Å²) in [7, 11) is 0. The van der Waals surface area contributed by atoms with Gasteiger partial charge < -0.3 is 10.6 Å². The number of nitrogens with one attached hydrogen (secondary N) is 2. The zero-order chi connectivity index (χ0) is 19.3. The Morgan fingerprint density at radius 2 is 1.54 bits per heavy atom. The van der Waals surface area contributed by atoms with Gasteiger partial charge in [-0.25, -0.2) is 8.78 Å². The molecular formula is C20H22F2N2O2. The molecule has 2 N–H and O–H groups in total. The Kier molecular flexibility index (Phi) is 6.44. The smallest absolute Gasteiger partial charge is 0.251 e. The molecular weight excluding hydrogens is 338 g/mol. The van der Waals surface area contributed by atoms with E-state index in [0.29, 0.717) is 11.1 Å². The predicted octanol–water partition coefficient (Wildman–Crippen LogP) is 3.60. The molecule has 2 amide bonds. The Bertz CT molecular complexity index is 779. The Hall–Kier alpha value is -2.76. The van der Waals surface area contributed by atoms with Crippen LogP contribution in [0.25, 0.3) is 0 Å². The highest BCUT2D eigenvalue weighted by Crippen LogP contribution is 2.17. The van der Waals surface area contributed by atoms with Gasteiger partial charge in [0.25, 0.3) is 5.91 Å². The maximum atomic E-state index is 13.4. The van der Waals surface area contributed by atoms with Crippen molar-refractivity contribution in [3.05, 3.63) is 71.3 Å². The highest BCUT2D eigenvalue weighted by molar-refractivity contribution is 5.97. The van der Waals surface area contributed by atoms with Gasteiger partial charge in [0, 0.05) is 5.56 Å². The second-order valence-corrected chi connectivity index (χ2v) is 6.46. The van der Waals surface area contributed by atoms with Crippen molar-refractivity contribution in [2.24, 2.45) is 5.92 Å². The van der Waals surface area contributed by atoms with Crippen molar-refractivity contribution in [2.45, 2.75) is 32.9 Å². The minimum Gasteiger partial charge on any atom is -0.348 e. The first-order valence-corrected chi connectivity index (χ1v) is 8.41. The molecule has 0 aliphatic carbocycles. The highest BCUT2D eigenvalue weighted by atomic mass is 19.2. The lowest BCUT2D eigenvalue weighted by molar-refractivity contribution is -0.124. The molecule has 0 fully saturated rings. The van der Waals surface area contributed by atoms with Gasteiger partial charge in [0.15, 0.2) is 11.6 Å². The fraction of sp³-hybridized carbons (Fsp3) is 0.300. The summed E-state index contributed by atoms with van der Waals surface area (Å²) < 4.78 is 26.4. The van der Waals surface area contributed by atoms with E-state index < -0.39 is 23.7 Å². The molecule has 138 valence electrons. The van der Waals surface area contributed by atoms with Crippen LogP contribution in [0.4, 0.5) is 8.78 Å². The van der Waals surface area contributed by atoms with Crippen LogP contribution in [0.1, 0.15) is 42.7 Å². The molecule has 0 saturated carbocycles.